The van der Waals surface area contributed by atoms with Gasteiger partial charge in [0, 0.05) is 37.4 Å². The van der Waals surface area contributed by atoms with E-state index in [2.05, 4.69) is 38.6 Å². The third-order valence-electron chi connectivity index (χ3n) is 6.94. The lowest BCUT2D eigenvalue weighted by atomic mass is 9.72. The van der Waals surface area contributed by atoms with Crippen molar-refractivity contribution < 1.29 is 9.90 Å². The summed E-state index contributed by atoms with van der Waals surface area (Å²) < 4.78 is 2.09. The lowest BCUT2D eigenvalue weighted by Crippen LogP contribution is -2.53. The number of aliphatic hydroxyl groups excluding tert-OH is 1. The molecule has 2 aliphatic heterocycles. The number of likely N-dealkylation sites (tertiary alicyclic amines) is 1. The van der Waals surface area contributed by atoms with Crippen molar-refractivity contribution in [3.05, 3.63) is 53.6 Å². The van der Waals surface area contributed by atoms with Crippen molar-refractivity contribution >= 4 is 5.91 Å². The average molecular weight is 381 g/mol. The molecule has 3 aliphatic rings. The zero-order chi connectivity index (χ0) is 19.3. The summed E-state index contributed by atoms with van der Waals surface area (Å²) >= 11 is 0. The largest absolute Gasteiger partial charge is 0.390 e. The van der Waals surface area contributed by atoms with Crippen LogP contribution in [0.3, 0.4) is 0 Å². The van der Waals surface area contributed by atoms with Crippen LogP contribution in [0, 0.1) is 6.92 Å². The number of hydrazine groups is 1. The number of aryl methyl sites for hydroxylation is 1. The van der Waals surface area contributed by atoms with E-state index in [1.807, 2.05) is 24.1 Å². The first-order valence-corrected chi connectivity index (χ1v) is 10.2. The molecule has 2 aromatic rings. The Kier molecular flexibility index (Phi) is 4.26. The molecule has 1 aromatic heterocycles. The second-order valence-corrected chi connectivity index (χ2v) is 8.25. The number of imidazole rings is 1. The van der Waals surface area contributed by atoms with Gasteiger partial charge in [-0.1, -0.05) is 24.3 Å². The molecule has 3 atom stereocenters. The van der Waals surface area contributed by atoms with Gasteiger partial charge in [-0.3, -0.25) is 10.2 Å². The van der Waals surface area contributed by atoms with Crippen LogP contribution in [0.2, 0.25) is 0 Å². The summed E-state index contributed by atoms with van der Waals surface area (Å²) in [6.07, 6.45) is 5.60. The zero-order valence-electron chi connectivity index (χ0n) is 16.1. The molecule has 28 heavy (non-hydrogen) atoms. The van der Waals surface area contributed by atoms with Crippen LogP contribution in [0.25, 0.3) is 0 Å². The third-order valence-corrected chi connectivity index (χ3v) is 6.94. The van der Waals surface area contributed by atoms with Crippen LogP contribution in [-0.2, 0) is 10.2 Å². The van der Waals surface area contributed by atoms with Gasteiger partial charge in [0.2, 0.25) is 5.91 Å². The number of nitrogens with zero attached hydrogens (tertiary/aromatic N) is 3. The van der Waals surface area contributed by atoms with Gasteiger partial charge < -0.3 is 14.6 Å². The molecule has 0 bridgehead atoms. The minimum atomic E-state index is -0.527. The Morgan fingerprint density at radius 1 is 1.29 bits per heavy atom. The van der Waals surface area contributed by atoms with E-state index in [0.29, 0.717) is 13.1 Å². The van der Waals surface area contributed by atoms with Gasteiger partial charge in [0.25, 0.3) is 0 Å². The number of carbonyl (C=O) groups excluding carboxylic acids is 1. The van der Waals surface area contributed by atoms with Crippen LogP contribution in [0.15, 0.2) is 36.7 Å². The number of benzene rings is 1. The Labute approximate surface area is 164 Å². The minimum absolute atomic E-state index is 0.123. The number of hydrogen-bond donors (Lipinski definition) is 3. The number of hydrogen-bond acceptors (Lipinski definition) is 5. The summed E-state index contributed by atoms with van der Waals surface area (Å²) in [4.78, 5) is 19.1. The van der Waals surface area contributed by atoms with Crippen LogP contribution < -0.4 is 10.9 Å². The molecule has 1 spiro atoms. The molecule has 1 aliphatic carbocycles. The van der Waals surface area contributed by atoms with E-state index in [4.69, 9.17) is 0 Å². The highest BCUT2D eigenvalue weighted by Gasteiger charge is 2.53. The summed E-state index contributed by atoms with van der Waals surface area (Å²) in [7, 11) is 0. The standard InChI is InChI=1S/C21H27N5O2/c1-14-22-10-13-26(14)18-15-4-2-3-5-16(15)21(19(18)27)7-11-25(12-8-21)20(28)17-6-9-23-24-17/h2-5,10,13,17-19,23-24,27H,6-9,11-12H2,1H3/t17?,18-,19+/m0/s1. The monoisotopic (exact) mass is 381 g/mol. The highest BCUT2D eigenvalue weighted by Crippen LogP contribution is 2.52. The number of fused-ring (bicyclic) bond motifs is 2. The fourth-order valence-electron chi connectivity index (χ4n) is 5.40. The van der Waals surface area contributed by atoms with E-state index in [1.165, 1.54) is 11.1 Å². The number of piperidine rings is 1. The smallest absolute Gasteiger partial charge is 0.241 e. The number of rotatable bonds is 2. The highest BCUT2D eigenvalue weighted by molar-refractivity contribution is 5.82. The SMILES string of the molecule is Cc1nccn1[C@H]1c2ccccc2C2(CCN(C(=O)C3CCNN3)CC2)[C@@H]1O. The predicted molar refractivity (Wildman–Crippen MR) is 105 cm³/mol. The number of nitrogens with one attached hydrogen (secondary N) is 2. The average Bonchev–Trinajstić information content (AvgIpc) is 3.44. The van der Waals surface area contributed by atoms with Gasteiger partial charge in [-0.25, -0.2) is 10.4 Å². The van der Waals surface area contributed by atoms with Gasteiger partial charge in [0.1, 0.15) is 11.9 Å². The Morgan fingerprint density at radius 2 is 2.07 bits per heavy atom. The topological polar surface area (TPSA) is 82.4 Å². The number of aliphatic hydroxyl groups is 1. The van der Waals surface area contributed by atoms with Gasteiger partial charge in [-0.05, 0) is 37.3 Å². The molecular formula is C21H27N5O2. The molecule has 1 unspecified atom stereocenters. The molecule has 0 saturated carbocycles. The van der Waals surface area contributed by atoms with Crippen LogP contribution >= 0.6 is 0 Å². The second-order valence-electron chi connectivity index (χ2n) is 8.25. The second kappa shape index (κ2) is 6.69. The lowest BCUT2D eigenvalue weighted by Gasteiger charge is -2.43. The molecule has 5 rings (SSSR count). The van der Waals surface area contributed by atoms with Crippen LogP contribution in [-0.4, -0.2) is 57.2 Å². The van der Waals surface area contributed by atoms with Gasteiger partial charge >= 0.3 is 0 Å². The van der Waals surface area contributed by atoms with Crippen molar-refractivity contribution in [2.24, 2.45) is 0 Å². The molecule has 1 aromatic carbocycles. The van der Waals surface area contributed by atoms with Gasteiger partial charge in [0.05, 0.1) is 12.1 Å². The Bertz CT molecular complexity index is 880. The van der Waals surface area contributed by atoms with E-state index >= 15 is 0 Å². The molecular weight excluding hydrogens is 354 g/mol. The van der Waals surface area contributed by atoms with Gasteiger partial charge in [0.15, 0.2) is 0 Å². The Morgan fingerprint density at radius 3 is 2.75 bits per heavy atom. The molecule has 3 heterocycles. The minimum Gasteiger partial charge on any atom is -0.390 e. The van der Waals surface area contributed by atoms with E-state index < -0.39 is 6.10 Å². The molecule has 7 nitrogen and oxygen atoms in total. The Hall–Kier alpha value is -2.22. The maximum absolute atomic E-state index is 12.8. The Balaban J connectivity index is 1.44. The molecule has 2 fully saturated rings. The fraction of sp³-hybridized carbons (Fsp3) is 0.524. The van der Waals surface area contributed by atoms with E-state index in [1.54, 1.807) is 6.20 Å². The van der Waals surface area contributed by atoms with Crippen molar-refractivity contribution in [2.45, 2.75) is 49.8 Å². The molecule has 148 valence electrons. The van der Waals surface area contributed by atoms with Gasteiger partial charge in [-0.15, -0.1) is 0 Å². The van der Waals surface area contributed by atoms with Crippen molar-refractivity contribution in [1.82, 2.24) is 25.3 Å². The molecule has 1 amide bonds. The van der Waals surface area contributed by atoms with Crippen LogP contribution in [0.4, 0.5) is 0 Å². The van der Waals surface area contributed by atoms with Gasteiger partial charge in [-0.2, -0.15) is 0 Å². The quantitative estimate of drug-likeness (QED) is 0.720. The van der Waals surface area contributed by atoms with E-state index in [9.17, 15) is 9.90 Å². The predicted octanol–water partition coefficient (Wildman–Crippen LogP) is 0.882. The summed E-state index contributed by atoms with van der Waals surface area (Å²) in [6.45, 7) is 4.16. The third kappa shape index (κ3) is 2.53. The maximum Gasteiger partial charge on any atom is 0.241 e. The van der Waals surface area contributed by atoms with E-state index in [0.717, 1.165) is 31.6 Å². The highest BCUT2D eigenvalue weighted by atomic mass is 16.3. The first-order chi connectivity index (χ1) is 13.6. The van der Waals surface area contributed by atoms with Crippen molar-refractivity contribution in [1.29, 1.82) is 0 Å². The van der Waals surface area contributed by atoms with Crippen molar-refractivity contribution in [3.63, 3.8) is 0 Å². The van der Waals surface area contributed by atoms with Crippen molar-refractivity contribution in [2.75, 3.05) is 19.6 Å². The summed E-state index contributed by atoms with van der Waals surface area (Å²) in [6, 6.07) is 8.13. The maximum atomic E-state index is 12.8. The molecule has 0 radical (unpaired) electrons. The number of carbonyl (C=O) groups is 1. The first kappa shape index (κ1) is 17.8. The lowest BCUT2D eigenvalue weighted by molar-refractivity contribution is -0.135. The van der Waals surface area contributed by atoms with Crippen LogP contribution in [0.1, 0.15) is 42.3 Å². The normalized spacial score (nSPS) is 28.6. The summed E-state index contributed by atoms with van der Waals surface area (Å²) in [5.41, 5.74) is 8.21. The molecule has 7 heteroatoms. The van der Waals surface area contributed by atoms with Crippen molar-refractivity contribution in [3.8, 4) is 0 Å². The zero-order valence-corrected chi connectivity index (χ0v) is 16.1. The summed E-state index contributed by atoms with van der Waals surface area (Å²) in [5, 5.41) is 11.5. The fourth-order valence-corrected chi connectivity index (χ4v) is 5.40. The molecule has 2 saturated heterocycles. The first-order valence-electron chi connectivity index (χ1n) is 10.2. The number of amides is 1. The number of aromatic nitrogens is 2. The van der Waals surface area contributed by atoms with Crippen LogP contribution in [0.5, 0.6) is 0 Å². The summed E-state index contributed by atoms with van der Waals surface area (Å²) in [5.74, 6) is 1.07. The van der Waals surface area contributed by atoms with E-state index in [-0.39, 0.29) is 23.4 Å². The molecule has 3 N–H and O–H groups in total.